The number of amides is 4. The number of aryl methyl sites for hydroxylation is 1. The molecule has 0 saturated carbocycles. The van der Waals surface area contributed by atoms with E-state index in [2.05, 4.69) is 10.6 Å². The van der Waals surface area contributed by atoms with Crippen molar-refractivity contribution in [2.24, 2.45) is 5.92 Å². The van der Waals surface area contributed by atoms with Crippen LogP contribution in [-0.2, 0) is 9.59 Å². The van der Waals surface area contributed by atoms with E-state index in [0.717, 1.165) is 10.5 Å². The summed E-state index contributed by atoms with van der Waals surface area (Å²) in [6, 6.07) is 4.29. The minimum absolute atomic E-state index is 0.268. The van der Waals surface area contributed by atoms with Crippen molar-refractivity contribution in [2.45, 2.75) is 33.2 Å². The van der Waals surface area contributed by atoms with Crippen molar-refractivity contribution < 1.29 is 19.1 Å². The van der Waals surface area contributed by atoms with Crippen molar-refractivity contribution in [3.63, 3.8) is 0 Å². The molecule has 1 aliphatic rings. The number of ether oxygens (including phenoxy) is 1. The summed E-state index contributed by atoms with van der Waals surface area (Å²) in [5, 5.41) is 5.31. The first-order chi connectivity index (χ1) is 11.3. The Hall–Kier alpha value is -2.57. The van der Waals surface area contributed by atoms with Gasteiger partial charge < -0.3 is 15.4 Å². The molecule has 0 aromatic heterocycles. The third kappa shape index (κ3) is 4.04. The topological polar surface area (TPSA) is 87.7 Å². The van der Waals surface area contributed by atoms with Crippen LogP contribution in [0.4, 0.5) is 10.5 Å². The lowest BCUT2D eigenvalue weighted by molar-refractivity contribution is -0.131. The Morgan fingerprint density at radius 3 is 2.71 bits per heavy atom. The number of hydrogen-bond donors (Lipinski definition) is 2. The van der Waals surface area contributed by atoms with Gasteiger partial charge in [-0.25, -0.2) is 4.79 Å². The van der Waals surface area contributed by atoms with Crippen molar-refractivity contribution in [2.75, 3.05) is 19.0 Å². The van der Waals surface area contributed by atoms with E-state index in [1.54, 1.807) is 12.1 Å². The molecule has 1 aromatic rings. The molecule has 1 heterocycles. The minimum Gasteiger partial charge on any atom is -0.495 e. The van der Waals surface area contributed by atoms with Crippen LogP contribution >= 0.6 is 0 Å². The van der Waals surface area contributed by atoms with Gasteiger partial charge in [0.25, 0.3) is 5.91 Å². The Kier molecular flexibility index (Phi) is 5.43. The summed E-state index contributed by atoms with van der Waals surface area (Å²) < 4.78 is 5.20. The van der Waals surface area contributed by atoms with E-state index in [-0.39, 0.29) is 18.4 Å². The van der Waals surface area contributed by atoms with Gasteiger partial charge in [-0.3, -0.25) is 14.5 Å². The molecular formula is C17H23N3O4. The number of anilines is 1. The second kappa shape index (κ2) is 7.33. The first-order valence-corrected chi connectivity index (χ1v) is 7.88. The van der Waals surface area contributed by atoms with E-state index in [0.29, 0.717) is 17.9 Å². The predicted octanol–water partition coefficient (Wildman–Crippen LogP) is 1.91. The Morgan fingerprint density at radius 2 is 2.08 bits per heavy atom. The summed E-state index contributed by atoms with van der Waals surface area (Å²) in [6.45, 7) is 5.51. The minimum atomic E-state index is -0.557. The van der Waals surface area contributed by atoms with Gasteiger partial charge in [-0.05, 0) is 37.0 Å². The van der Waals surface area contributed by atoms with Crippen LogP contribution in [0, 0.1) is 12.8 Å². The second-order valence-electron chi connectivity index (χ2n) is 6.31. The zero-order chi connectivity index (χ0) is 17.9. The van der Waals surface area contributed by atoms with Crippen LogP contribution in [-0.4, -0.2) is 42.4 Å². The fraction of sp³-hybridized carbons (Fsp3) is 0.471. The number of benzene rings is 1. The second-order valence-corrected chi connectivity index (χ2v) is 6.31. The summed E-state index contributed by atoms with van der Waals surface area (Å²) in [7, 11) is 1.51. The molecule has 7 nitrogen and oxygen atoms in total. The van der Waals surface area contributed by atoms with Crippen molar-refractivity contribution in [3.05, 3.63) is 23.8 Å². The normalized spacial score (nSPS) is 17.2. The van der Waals surface area contributed by atoms with Gasteiger partial charge in [0.05, 0.1) is 12.8 Å². The number of hydrogen-bond acceptors (Lipinski definition) is 4. The Morgan fingerprint density at radius 1 is 1.38 bits per heavy atom. The summed E-state index contributed by atoms with van der Waals surface area (Å²) in [5.74, 6) is -0.0268. The van der Waals surface area contributed by atoms with Gasteiger partial charge in [0.2, 0.25) is 5.91 Å². The molecule has 2 rings (SSSR count). The molecule has 1 fully saturated rings. The average molecular weight is 333 g/mol. The number of nitrogens with one attached hydrogen (secondary N) is 2. The van der Waals surface area contributed by atoms with Crippen molar-refractivity contribution >= 4 is 23.5 Å². The van der Waals surface area contributed by atoms with Crippen LogP contribution in [0.2, 0.25) is 0 Å². The van der Waals surface area contributed by atoms with E-state index in [1.807, 2.05) is 26.8 Å². The van der Waals surface area contributed by atoms with Gasteiger partial charge in [0, 0.05) is 0 Å². The lowest BCUT2D eigenvalue weighted by Crippen LogP contribution is -2.38. The maximum Gasteiger partial charge on any atom is 0.325 e. The molecule has 24 heavy (non-hydrogen) atoms. The standard InChI is InChI=1S/C17H23N3O4/c1-10(2)7-13-16(22)20(17(23)19-13)9-15(21)18-12-8-11(3)5-6-14(12)24-4/h5-6,8,10,13H,7,9H2,1-4H3,(H,18,21)(H,19,23). The molecule has 0 spiro atoms. The molecule has 1 unspecified atom stereocenters. The summed E-state index contributed by atoms with van der Waals surface area (Å²) in [6.07, 6.45) is 0.550. The summed E-state index contributed by atoms with van der Waals surface area (Å²) >= 11 is 0. The monoisotopic (exact) mass is 333 g/mol. The molecule has 7 heteroatoms. The molecule has 1 saturated heterocycles. The smallest absolute Gasteiger partial charge is 0.325 e. The zero-order valence-corrected chi connectivity index (χ0v) is 14.4. The molecule has 4 amide bonds. The van der Waals surface area contributed by atoms with Crippen molar-refractivity contribution in [1.29, 1.82) is 0 Å². The van der Waals surface area contributed by atoms with Crippen LogP contribution in [0.1, 0.15) is 25.8 Å². The maximum absolute atomic E-state index is 12.3. The highest BCUT2D eigenvalue weighted by Gasteiger charge is 2.39. The molecule has 0 radical (unpaired) electrons. The largest absolute Gasteiger partial charge is 0.495 e. The molecule has 1 atom stereocenters. The van der Waals surface area contributed by atoms with Gasteiger partial charge in [0.1, 0.15) is 18.3 Å². The number of urea groups is 1. The SMILES string of the molecule is COc1ccc(C)cc1NC(=O)CN1C(=O)NC(CC(C)C)C1=O. The van der Waals surface area contributed by atoms with Crippen LogP contribution in [0.25, 0.3) is 0 Å². The quantitative estimate of drug-likeness (QED) is 0.779. The molecule has 1 aromatic carbocycles. The molecule has 0 aliphatic carbocycles. The highest BCUT2D eigenvalue weighted by molar-refractivity contribution is 6.08. The Labute approximate surface area is 141 Å². The summed E-state index contributed by atoms with van der Waals surface area (Å²) in [5.41, 5.74) is 1.46. The van der Waals surface area contributed by atoms with E-state index >= 15 is 0 Å². The number of nitrogens with zero attached hydrogens (tertiary/aromatic N) is 1. The highest BCUT2D eigenvalue weighted by Crippen LogP contribution is 2.25. The van der Waals surface area contributed by atoms with E-state index in [9.17, 15) is 14.4 Å². The fourth-order valence-electron chi connectivity index (χ4n) is 2.61. The third-order valence-electron chi connectivity index (χ3n) is 3.74. The van der Waals surface area contributed by atoms with Crippen LogP contribution in [0.15, 0.2) is 18.2 Å². The van der Waals surface area contributed by atoms with Crippen molar-refractivity contribution in [1.82, 2.24) is 10.2 Å². The van der Waals surface area contributed by atoms with Gasteiger partial charge in [-0.1, -0.05) is 19.9 Å². The molecule has 2 N–H and O–H groups in total. The predicted molar refractivity (Wildman–Crippen MR) is 89.8 cm³/mol. The lowest BCUT2D eigenvalue weighted by atomic mass is 10.0. The Balaban J connectivity index is 2.03. The number of carbonyl (C=O) groups is 3. The number of carbonyl (C=O) groups excluding carboxylic acids is 3. The average Bonchev–Trinajstić information content (AvgIpc) is 2.74. The van der Waals surface area contributed by atoms with E-state index in [4.69, 9.17) is 4.74 Å². The Bertz CT molecular complexity index is 657. The number of methoxy groups -OCH3 is 1. The van der Waals surface area contributed by atoms with Gasteiger partial charge in [0.15, 0.2) is 0 Å². The first-order valence-electron chi connectivity index (χ1n) is 7.88. The number of rotatable bonds is 6. The molecular weight excluding hydrogens is 310 g/mol. The number of imide groups is 1. The zero-order valence-electron chi connectivity index (χ0n) is 14.4. The highest BCUT2D eigenvalue weighted by atomic mass is 16.5. The van der Waals surface area contributed by atoms with Gasteiger partial charge in [-0.2, -0.15) is 0 Å². The maximum atomic E-state index is 12.3. The van der Waals surface area contributed by atoms with Gasteiger partial charge >= 0.3 is 6.03 Å². The van der Waals surface area contributed by atoms with Crippen LogP contribution < -0.4 is 15.4 Å². The van der Waals surface area contributed by atoms with E-state index in [1.165, 1.54) is 7.11 Å². The van der Waals surface area contributed by atoms with Crippen LogP contribution in [0.5, 0.6) is 5.75 Å². The molecule has 1 aliphatic heterocycles. The first kappa shape index (κ1) is 17.8. The summed E-state index contributed by atoms with van der Waals surface area (Å²) in [4.78, 5) is 37.4. The van der Waals surface area contributed by atoms with E-state index < -0.39 is 18.0 Å². The lowest BCUT2D eigenvalue weighted by Gasteiger charge is -2.15. The van der Waals surface area contributed by atoms with Crippen molar-refractivity contribution in [3.8, 4) is 5.75 Å². The third-order valence-corrected chi connectivity index (χ3v) is 3.74. The molecule has 0 bridgehead atoms. The fourth-order valence-corrected chi connectivity index (χ4v) is 2.61. The molecule has 130 valence electrons. The van der Waals surface area contributed by atoms with Crippen LogP contribution in [0.3, 0.4) is 0 Å². The van der Waals surface area contributed by atoms with Gasteiger partial charge in [-0.15, -0.1) is 0 Å².